The van der Waals surface area contributed by atoms with Crippen LogP contribution in [0.3, 0.4) is 0 Å². The molecule has 21 heavy (non-hydrogen) atoms. The molecule has 2 atom stereocenters. The minimum Gasteiger partial charge on any atom is -0.463 e. The average molecular weight is 294 g/mol. The van der Waals surface area contributed by atoms with Gasteiger partial charge in [0.1, 0.15) is 0 Å². The van der Waals surface area contributed by atoms with Gasteiger partial charge in [-0.2, -0.15) is 0 Å². The van der Waals surface area contributed by atoms with Crippen molar-refractivity contribution in [3.63, 3.8) is 0 Å². The zero-order valence-electron chi connectivity index (χ0n) is 14.7. The van der Waals surface area contributed by atoms with Crippen LogP contribution in [0.1, 0.15) is 73.1 Å². The van der Waals surface area contributed by atoms with Gasteiger partial charge in [0.2, 0.25) is 0 Å². The van der Waals surface area contributed by atoms with Gasteiger partial charge in [-0.1, -0.05) is 65.0 Å². The maximum atomic E-state index is 11.3. The molecule has 2 heteroatoms. The fraction of sp³-hybridized carbons (Fsp3) is 0.737. The summed E-state index contributed by atoms with van der Waals surface area (Å²) < 4.78 is 4.90. The molecule has 122 valence electrons. The summed E-state index contributed by atoms with van der Waals surface area (Å²) in [7, 11) is 0. The van der Waals surface area contributed by atoms with Crippen molar-refractivity contribution in [2.24, 2.45) is 11.8 Å². The van der Waals surface area contributed by atoms with Gasteiger partial charge in [-0.15, -0.1) is 0 Å². The van der Waals surface area contributed by atoms with Crippen molar-refractivity contribution in [3.8, 4) is 0 Å². The van der Waals surface area contributed by atoms with E-state index in [1.165, 1.54) is 32.1 Å². The summed E-state index contributed by atoms with van der Waals surface area (Å²) >= 11 is 0. The quantitative estimate of drug-likeness (QED) is 0.278. The van der Waals surface area contributed by atoms with Crippen LogP contribution in [-0.2, 0) is 9.53 Å². The Kier molecular flexibility index (Phi) is 12.0. The molecule has 0 saturated heterocycles. The number of rotatable bonds is 11. The summed E-state index contributed by atoms with van der Waals surface area (Å²) in [4.78, 5) is 11.3. The molecule has 2 unspecified atom stereocenters. The summed E-state index contributed by atoms with van der Waals surface area (Å²) in [6.45, 7) is 11.1. The largest absolute Gasteiger partial charge is 0.463 e. The Morgan fingerprint density at radius 2 is 1.86 bits per heavy atom. The second-order valence-corrected chi connectivity index (χ2v) is 6.00. The first-order valence-electron chi connectivity index (χ1n) is 8.54. The van der Waals surface area contributed by atoms with Gasteiger partial charge in [-0.25, -0.2) is 4.79 Å². The summed E-state index contributed by atoms with van der Waals surface area (Å²) in [6.07, 6.45) is 13.4. The normalized spacial score (nSPS) is 15.2. The molecule has 0 aliphatic heterocycles. The zero-order chi connectivity index (χ0) is 16.1. The van der Waals surface area contributed by atoms with E-state index in [0.29, 0.717) is 6.61 Å². The number of allylic oxidation sites excluding steroid dienone is 3. The molecule has 0 heterocycles. The minimum atomic E-state index is -0.250. The topological polar surface area (TPSA) is 26.3 Å². The molecule has 0 aromatic rings. The lowest BCUT2D eigenvalue weighted by molar-refractivity contribution is -0.137. The molecular formula is C19H34O2. The molecule has 2 nitrogen and oxygen atoms in total. The predicted molar refractivity (Wildman–Crippen MR) is 91.2 cm³/mol. The van der Waals surface area contributed by atoms with Gasteiger partial charge in [-0.05, 0) is 37.7 Å². The van der Waals surface area contributed by atoms with Crippen molar-refractivity contribution in [1.82, 2.24) is 0 Å². The van der Waals surface area contributed by atoms with Crippen molar-refractivity contribution in [1.29, 1.82) is 0 Å². The summed E-state index contributed by atoms with van der Waals surface area (Å²) in [5.74, 6) is 1.37. The molecule has 0 rings (SSSR count). The third-order valence-corrected chi connectivity index (χ3v) is 4.07. The van der Waals surface area contributed by atoms with Crippen molar-refractivity contribution in [3.05, 3.63) is 23.8 Å². The first-order chi connectivity index (χ1) is 10.0. The molecule has 0 fully saturated rings. The van der Waals surface area contributed by atoms with E-state index in [1.807, 2.05) is 19.9 Å². The van der Waals surface area contributed by atoms with Crippen LogP contribution >= 0.6 is 0 Å². The van der Waals surface area contributed by atoms with Gasteiger partial charge in [0.15, 0.2) is 0 Å². The number of carbonyl (C=O) groups excluding carboxylic acids is 1. The Morgan fingerprint density at radius 3 is 2.43 bits per heavy atom. The van der Waals surface area contributed by atoms with Gasteiger partial charge in [0.05, 0.1) is 6.61 Å². The molecule has 0 N–H and O–H groups in total. The Hall–Kier alpha value is -1.05. The highest BCUT2D eigenvalue weighted by atomic mass is 16.5. The molecule has 0 aliphatic rings. The fourth-order valence-corrected chi connectivity index (χ4v) is 2.31. The van der Waals surface area contributed by atoms with Crippen LogP contribution in [0, 0.1) is 11.8 Å². The molecule has 0 amide bonds. The van der Waals surface area contributed by atoms with Gasteiger partial charge in [0.25, 0.3) is 0 Å². The predicted octanol–water partition coefficient (Wildman–Crippen LogP) is 5.68. The molecule has 0 aliphatic carbocycles. The van der Waals surface area contributed by atoms with Crippen molar-refractivity contribution in [2.45, 2.75) is 73.1 Å². The molecule has 0 aromatic carbocycles. The van der Waals surface area contributed by atoms with Gasteiger partial charge in [-0.3, -0.25) is 0 Å². The van der Waals surface area contributed by atoms with E-state index in [9.17, 15) is 4.79 Å². The van der Waals surface area contributed by atoms with E-state index in [0.717, 1.165) is 23.8 Å². The first kappa shape index (κ1) is 19.9. The van der Waals surface area contributed by atoms with Crippen LogP contribution in [0.4, 0.5) is 0 Å². The standard InChI is InChI=1S/C19H34O2/c1-6-16(4)11-9-13-18(7-2)14-10-12-17(5)15-19(20)21-8-3/h10,12,15-16,18H,6-9,11,13-14H2,1-5H3/b12-10+,17-15+. The highest BCUT2D eigenvalue weighted by Gasteiger charge is 2.06. The Morgan fingerprint density at radius 1 is 1.14 bits per heavy atom. The lowest BCUT2D eigenvalue weighted by Crippen LogP contribution is -2.00. The summed E-state index contributed by atoms with van der Waals surface area (Å²) in [6, 6.07) is 0. The zero-order valence-corrected chi connectivity index (χ0v) is 14.7. The van der Waals surface area contributed by atoms with E-state index in [4.69, 9.17) is 4.74 Å². The van der Waals surface area contributed by atoms with Crippen LogP contribution < -0.4 is 0 Å². The maximum absolute atomic E-state index is 11.3. The van der Waals surface area contributed by atoms with Crippen LogP contribution in [0.2, 0.25) is 0 Å². The molecule has 0 bridgehead atoms. The average Bonchev–Trinajstić information content (AvgIpc) is 2.45. The molecule has 0 radical (unpaired) electrons. The van der Waals surface area contributed by atoms with E-state index in [1.54, 1.807) is 6.08 Å². The number of hydrogen-bond acceptors (Lipinski definition) is 2. The number of carbonyl (C=O) groups is 1. The molecule has 0 spiro atoms. The molecule has 0 saturated carbocycles. The van der Waals surface area contributed by atoms with Gasteiger partial charge < -0.3 is 4.74 Å². The molecule has 0 aromatic heterocycles. The Bertz CT molecular complexity index is 328. The first-order valence-corrected chi connectivity index (χ1v) is 8.54. The minimum absolute atomic E-state index is 0.250. The fourth-order valence-electron chi connectivity index (χ4n) is 2.31. The summed E-state index contributed by atoms with van der Waals surface area (Å²) in [5, 5.41) is 0. The second kappa shape index (κ2) is 12.7. The van der Waals surface area contributed by atoms with E-state index in [-0.39, 0.29) is 5.97 Å². The smallest absolute Gasteiger partial charge is 0.330 e. The Balaban J connectivity index is 4.08. The van der Waals surface area contributed by atoms with Crippen molar-refractivity contribution in [2.75, 3.05) is 6.61 Å². The number of ether oxygens (including phenoxy) is 1. The van der Waals surface area contributed by atoms with Crippen LogP contribution in [-0.4, -0.2) is 12.6 Å². The number of hydrogen-bond donors (Lipinski definition) is 0. The van der Waals surface area contributed by atoms with E-state index >= 15 is 0 Å². The third kappa shape index (κ3) is 11.3. The SMILES string of the molecule is CCOC(=O)/C=C(C)/C=C/CC(CC)CCCC(C)CC. The highest BCUT2D eigenvalue weighted by Crippen LogP contribution is 2.20. The van der Waals surface area contributed by atoms with E-state index in [2.05, 4.69) is 26.8 Å². The monoisotopic (exact) mass is 294 g/mol. The van der Waals surface area contributed by atoms with Gasteiger partial charge >= 0.3 is 5.97 Å². The van der Waals surface area contributed by atoms with Crippen molar-refractivity contribution < 1.29 is 9.53 Å². The second-order valence-electron chi connectivity index (χ2n) is 6.00. The third-order valence-electron chi connectivity index (χ3n) is 4.07. The lowest BCUT2D eigenvalue weighted by Gasteiger charge is -2.14. The molecular weight excluding hydrogens is 260 g/mol. The Labute approximate surface area is 131 Å². The summed E-state index contributed by atoms with van der Waals surface area (Å²) in [5.41, 5.74) is 0.961. The maximum Gasteiger partial charge on any atom is 0.330 e. The number of esters is 1. The highest BCUT2D eigenvalue weighted by molar-refractivity contribution is 5.83. The van der Waals surface area contributed by atoms with Crippen LogP contribution in [0.25, 0.3) is 0 Å². The lowest BCUT2D eigenvalue weighted by atomic mass is 9.92. The van der Waals surface area contributed by atoms with Crippen LogP contribution in [0.5, 0.6) is 0 Å². The van der Waals surface area contributed by atoms with Gasteiger partial charge in [0, 0.05) is 6.08 Å². The van der Waals surface area contributed by atoms with Crippen molar-refractivity contribution >= 4 is 5.97 Å². The van der Waals surface area contributed by atoms with E-state index < -0.39 is 0 Å². The van der Waals surface area contributed by atoms with Crippen LogP contribution in [0.15, 0.2) is 23.8 Å².